The molecule has 0 saturated heterocycles. The van der Waals surface area contributed by atoms with E-state index in [2.05, 4.69) is 21.2 Å². The predicted octanol–water partition coefficient (Wildman–Crippen LogP) is 6.66. The lowest BCUT2D eigenvalue weighted by Gasteiger charge is -2.33. The molecule has 1 aliphatic carbocycles. The van der Waals surface area contributed by atoms with E-state index in [1.807, 2.05) is 54.6 Å². The smallest absolute Gasteiger partial charge is 0.243 e. The van der Waals surface area contributed by atoms with Gasteiger partial charge in [-0.05, 0) is 67.1 Å². The monoisotopic (exact) mass is 687 g/mol. The highest BCUT2D eigenvalue weighted by molar-refractivity contribution is 9.10. The summed E-state index contributed by atoms with van der Waals surface area (Å²) in [6.07, 6.45) is 5.90. The largest absolute Gasteiger partial charge is 0.352 e. The van der Waals surface area contributed by atoms with E-state index in [-0.39, 0.29) is 43.8 Å². The number of carbonyl (C=O) groups excluding carboxylic acids is 2. The fourth-order valence-corrected chi connectivity index (χ4v) is 7.23. The molecule has 230 valence electrons. The van der Waals surface area contributed by atoms with Gasteiger partial charge in [0.1, 0.15) is 6.04 Å². The number of sulfonamides is 1. The lowest BCUT2D eigenvalue weighted by Crippen LogP contribution is -2.52. The summed E-state index contributed by atoms with van der Waals surface area (Å²) in [4.78, 5) is 29.6. The molecular formula is C33H39BrClN3O4S. The Morgan fingerprint density at radius 3 is 2.35 bits per heavy atom. The maximum atomic E-state index is 14.0. The van der Waals surface area contributed by atoms with Crippen molar-refractivity contribution in [3.8, 4) is 0 Å². The van der Waals surface area contributed by atoms with E-state index in [0.717, 1.165) is 47.5 Å². The first-order valence-electron chi connectivity index (χ1n) is 14.6. The Morgan fingerprint density at radius 1 is 1.00 bits per heavy atom. The number of anilines is 1. The van der Waals surface area contributed by atoms with Gasteiger partial charge in [-0.25, -0.2) is 8.42 Å². The van der Waals surface area contributed by atoms with Gasteiger partial charge in [-0.2, -0.15) is 0 Å². The fourth-order valence-electron chi connectivity index (χ4n) is 5.60. The first-order valence-corrected chi connectivity index (χ1v) is 17.7. The number of hydrogen-bond acceptors (Lipinski definition) is 4. The van der Waals surface area contributed by atoms with Gasteiger partial charge in [0.25, 0.3) is 0 Å². The van der Waals surface area contributed by atoms with Gasteiger partial charge in [-0.3, -0.25) is 13.9 Å². The molecule has 7 nitrogen and oxygen atoms in total. The zero-order chi connectivity index (χ0) is 31.0. The highest BCUT2D eigenvalue weighted by Crippen LogP contribution is 2.29. The summed E-state index contributed by atoms with van der Waals surface area (Å²) in [5.41, 5.74) is 3.00. The molecule has 0 spiro atoms. The molecule has 3 aromatic rings. The summed E-state index contributed by atoms with van der Waals surface area (Å²) in [5, 5.41) is 3.69. The summed E-state index contributed by atoms with van der Waals surface area (Å²) >= 11 is 9.81. The van der Waals surface area contributed by atoms with Crippen molar-refractivity contribution in [2.75, 3.05) is 17.1 Å². The number of carbonyl (C=O) groups is 2. The Hall–Kier alpha value is -2.88. The molecule has 0 radical (unpaired) electrons. The van der Waals surface area contributed by atoms with Gasteiger partial charge < -0.3 is 10.2 Å². The van der Waals surface area contributed by atoms with Crippen molar-refractivity contribution in [2.24, 2.45) is 0 Å². The summed E-state index contributed by atoms with van der Waals surface area (Å²) < 4.78 is 27.7. The second-order valence-corrected chi connectivity index (χ2v) is 14.4. The lowest BCUT2D eigenvalue weighted by atomic mass is 10.0. The SMILES string of the molecule is Cc1c(Cl)cccc1N(CCCC(=O)N(Cc1cccc(Br)c1)[C@@H](Cc1ccccc1)C(=O)NC1CCCC1)S(C)(=O)=O. The third kappa shape index (κ3) is 9.30. The van der Waals surface area contributed by atoms with E-state index in [0.29, 0.717) is 22.7 Å². The molecular weight excluding hydrogens is 650 g/mol. The second kappa shape index (κ2) is 15.2. The molecule has 1 atom stereocenters. The molecule has 0 aromatic heterocycles. The minimum Gasteiger partial charge on any atom is -0.352 e. The zero-order valence-corrected chi connectivity index (χ0v) is 27.8. The Kier molecular flexibility index (Phi) is 11.7. The molecule has 1 aliphatic rings. The van der Waals surface area contributed by atoms with Crippen molar-refractivity contribution in [1.82, 2.24) is 10.2 Å². The van der Waals surface area contributed by atoms with E-state index in [9.17, 15) is 18.0 Å². The number of benzene rings is 3. The first-order chi connectivity index (χ1) is 20.5. The van der Waals surface area contributed by atoms with E-state index in [1.54, 1.807) is 30.0 Å². The van der Waals surface area contributed by atoms with Crippen LogP contribution in [0.3, 0.4) is 0 Å². The number of halogens is 2. The van der Waals surface area contributed by atoms with Gasteiger partial charge in [0.05, 0.1) is 11.9 Å². The van der Waals surface area contributed by atoms with Crippen LogP contribution in [0.25, 0.3) is 0 Å². The molecule has 0 aliphatic heterocycles. The quantitative estimate of drug-likeness (QED) is 0.218. The molecule has 1 fully saturated rings. The van der Waals surface area contributed by atoms with Crippen molar-refractivity contribution in [2.45, 2.75) is 70.5 Å². The van der Waals surface area contributed by atoms with Crippen LogP contribution < -0.4 is 9.62 Å². The molecule has 2 amide bonds. The summed E-state index contributed by atoms with van der Waals surface area (Å²) in [6, 6.07) is 22.0. The average Bonchev–Trinajstić information content (AvgIpc) is 3.47. The van der Waals surface area contributed by atoms with Gasteiger partial charge in [0.15, 0.2) is 0 Å². The Labute approximate surface area is 268 Å². The van der Waals surface area contributed by atoms with Crippen LogP contribution in [0.5, 0.6) is 0 Å². The minimum absolute atomic E-state index is 0.0711. The topological polar surface area (TPSA) is 86.8 Å². The number of nitrogens with one attached hydrogen (secondary N) is 1. The van der Waals surface area contributed by atoms with Crippen LogP contribution in [-0.2, 0) is 32.6 Å². The molecule has 10 heteroatoms. The van der Waals surface area contributed by atoms with Gasteiger partial charge in [0, 0.05) is 41.5 Å². The van der Waals surface area contributed by atoms with Crippen LogP contribution in [0, 0.1) is 6.92 Å². The number of rotatable bonds is 13. The van der Waals surface area contributed by atoms with E-state index in [4.69, 9.17) is 11.6 Å². The molecule has 4 rings (SSSR count). The van der Waals surface area contributed by atoms with Gasteiger partial charge >= 0.3 is 0 Å². The maximum Gasteiger partial charge on any atom is 0.243 e. The van der Waals surface area contributed by atoms with Crippen LogP contribution in [0.1, 0.15) is 55.2 Å². The van der Waals surface area contributed by atoms with Crippen molar-refractivity contribution in [1.29, 1.82) is 0 Å². The molecule has 1 N–H and O–H groups in total. The van der Waals surface area contributed by atoms with E-state index < -0.39 is 16.1 Å². The van der Waals surface area contributed by atoms with Crippen LogP contribution in [0.15, 0.2) is 77.3 Å². The highest BCUT2D eigenvalue weighted by atomic mass is 79.9. The minimum atomic E-state index is -3.63. The van der Waals surface area contributed by atoms with Crippen LogP contribution in [0.4, 0.5) is 5.69 Å². The first kappa shape index (κ1) is 33.0. The third-order valence-corrected chi connectivity index (χ3v) is 9.96. The summed E-state index contributed by atoms with van der Waals surface area (Å²) in [7, 11) is -3.63. The molecule has 0 bridgehead atoms. The third-order valence-electron chi connectivity index (χ3n) is 7.87. The molecule has 0 heterocycles. The maximum absolute atomic E-state index is 14.0. The Balaban J connectivity index is 1.60. The number of hydrogen-bond donors (Lipinski definition) is 1. The molecule has 1 saturated carbocycles. The Bertz CT molecular complexity index is 1510. The molecule has 0 unspecified atom stereocenters. The van der Waals surface area contributed by atoms with Crippen LogP contribution >= 0.6 is 27.5 Å². The zero-order valence-electron chi connectivity index (χ0n) is 24.6. The van der Waals surface area contributed by atoms with Crippen molar-refractivity contribution in [3.63, 3.8) is 0 Å². The number of amides is 2. The summed E-state index contributed by atoms with van der Waals surface area (Å²) in [6.45, 7) is 2.13. The van der Waals surface area contributed by atoms with Crippen molar-refractivity contribution in [3.05, 3.63) is 99.0 Å². The second-order valence-electron chi connectivity index (χ2n) is 11.2. The average molecular weight is 689 g/mol. The van der Waals surface area contributed by atoms with Gasteiger partial charge in [-0.15, -0.1) is 0 Å². The van der Waals surface area contributed by atoms with Gasteiger partial charge in [-0.1, -0.05) is 88.9 Å². The van der Waals surface area contributed by atoms with Crippen molar-refractivity contribution < 1.29 is 18.0 Å². The fraction of sp³-hybridized carbons (Fsp3) is 0.394. The van der Waals surface area contributed by atoms with E-state index in [1.165, 1.54) is 4.31 Å². The lowest BCUT2D eigenvalue weighted by molar-refractivity contribution is -0.141. The molecule has 43 heavy (non-hydrogen) atoms. The summed E-state index contributed by atoms with van der Waals surface area (Å²) in [5.74, 6) is -0.370. The normalized spacial score (nSPS) is 14.3. The van der Waals surface area contributed by atoms with Crippen molar-refractivity contribution >= 4 is 55.1 Å². The van der Waals surface area contributed by atoms with Gasteiger partial charge in [0.2, 0.25) is 21.8 Å². The van der Waals surface area contributed by atoms with Crippen LogP contribution in [-0.4, -0.2) is 50.0 Å². The predicted molar refractivity (Wildman–Crippen MR) is 177 cm³/mol. The Morgan fingerprint density at radius 2 is 1.67 bits per heavy atom. The van der Waals surface area contributed by atoms with Crippen LogP contribution in [0.2, 0.25) is 5.02 Å². The molecule has 3 aromatic carbocycles. The van der Waals surface area contributed by atoms with E-state index >= 15 is 0 Å². The highest BCUT2D eigenvalue weighted by Gasteiger charge is 2.32. The standard InChI is InChI=1S/C33H39BrClN3O4S/c1-24-29(35)17-9-18-30(24)38(43(2,41)42)20-10-19-32(39)37(23-26-13-8-14-27(34)21-26)31(22-25-11-4-3-5-12-25)33(40)36-28-15-6-7-16-28/h3-5,8-9,11-14,17-18,21,28,31H,6-7,10,15-16,19-20,22-23H2,1-2H3,(H,36,40)/t31-/m0/s1. The number of nitrogens with zero attached hydrogens (tertiary/aromatic N) is 2.